The van der Waals surface area contributed by atoms with Crippen molar-refractivity contribution < 1.29 is 17.9 Å². The van der Waals surface area contributed by atoms with E-state index in [2.05, 4.69) is 22.0 Å². The Morgan fingerprint density at radius 3 is 2.34 bits per heavy atom. The highest BCUT2D eigenvalue weighted by Gasteiger charge is 2.28. The van der Waals surface area contributed by atoms with Gasteiger partial charge in [0.05, 0.1) is 29.5 Å². The lowest BCUT2D eigenvalue weighted by molar-refractivity contribution is -0.111. The first-order valence-electron chi connectivity index (χ1n) is 12.1. The van der Waals surface area contributed by atoms with E-state index in [1.54, 1.807) is 18.2 Å². The van der Waals surface area contributed by atoms with E-state index in [-0.39, 0.29) is 10.8 Å². The van der Waals surface area contributed by atoms with E-state index in [9.17, 15) is 13.2 Å². The molecule has 2 fully saturated rings. The Morgan fingerprint density at radius 2 is 1.69 bits per heavy atom. The van der Waals surface area contributed by atoms with Gasteiger partial charge in [-0.05, 0) is 43.3 Å². The minimum atomic E-state index is -3.68. The van der Waals surface area contributed by atoms with Crippen LogP contribution in [0.1, 0.15) is 18.1 Å². The maximum absolute atomic E-state index is 13.3. The van der Waals surface area contributed by atoms with Crippen molar-refractivity contribution in [3.05, 3.63) is 59.7 Å². The third kappa shape index (κ3) is 6.29. The second-order valence-electron chi connectivity index (χ2n) is 8.85. The van der Waals surface area contributed by atoms with Crippen molar-refractivity contribution in [1.82, 2.24) is 9.21 Å². The van der Waals surface area contributed by atoms with Gasteiger partial charge < -0.3 is 19.9 Å². The lowest BCUT2D eigenvalue weighted by Crippen LogP contribution is -2.46. The molecule has 0 aliphatic carbocycles. The van der Waals surface area contributed by atoms with E-state index >= 15 is 0 Å². The Labute approximate surface area is 208 Å². The van der Waals surface area contributed by atoms with Crippen LogP contribution in [0.4, 0.5) is 11.4 Å². The number of ether oxygens (including phenoxy) is 1. The molecular formula is C26H34N4O4S. The Bertz CT molecular complexity index is 1150. The first-order valence-corrected chi connectivity index (χ1v) is 13.6. The molecule has 0 aromatic heterocycles. The van der Waals surface area contributed by atoms with E-state index in [0.29, 0.717) is 32.0 Å². The van der Waals surface area contributed by atoms with Gasteiger partial charge in [-0.25, -0.2) is 8.42 Å². The van der Waals surface area contributed by atoms with Crippen molar-refractivity contribution >= 4 is 33.4 Å². The predicted molar refractivity (Wildman–Crippen MR) is 139 cm³/mol. The van der Waals surface area contributed by atoms with Crippen molar-refractivity contribution in [1.29, 1.82) is 0 Å². The van der Waals surface area contributed by atoms with Gasteiger partial charge in [-0.2, -0.15) is 4.31 Å². The summed E-state index contributed by atoms with van der Waals surface area (Å²) < 4.78 is 33.3. The van der Waals surface area contributed by atoms with E-state index in [1.807, 2.05) is 37.3 Å². The fourth-order valence-corrected chi connectivity index (χ4v) is 5.75. The highest BCUT2D eigenvalue weighted by molar-refractivity contribution is 7.89. The molecule has 35 heavy (non-hydrogen) atoms. The highest BCUT2D eigenvalue weighted by atomic mass is 32.2. The summed E-state index contributed by atoms with van der Waals surface area (Å²) in [6.07, 6.45) is 3.23. The molecule has 0 spiro atoms. The van der Waals surface area contributed by atoms with E-state index in [4.69, 9.17) is 4.74 Å². The first-order chi connectivity index (χ1) is 16.9. The zero-order chi connectivity index (χ0) is 24.8. The number of carbonyl (C=O) groups excluding carboxylic acids is 1. The molecule has 1 amide bonds. The quantitative estimate of drug-likeness (QED) is 0.592. The molecule has 2 aromatic rings. The topological polar surface area (TPSA) is 82.2 Å². The summed E-state index contributed by atoms with van der Waals surface area (Å²) in [6, 6.07) is 12.9. The van der Waals surface area contributed by atoms with Crippen LogP contribution >= 0.6 is 0 Å². The Morgan fingerprint density at radius 1 is 1.00 bits per heavy atom. The van der Waals surface area contributed by atoms with Crippen molar-refractivity contribution in [2.45, 2.75) is 18.7 Å². The molecule has 1 N–H and O–H groups in total. The van der Waals surface area contributed by atoms with Crippen LogP contribution in [0.3, 0.4) is 0 Å². The maximum Gasteiger partial charge on any atom is 0.248 e. The van der Waals surface area contributed by atoms with Crippen LogP contribution in [0.5, 0.6) is 0 Å². The van der Waals surface area contributed by atoms with Gasteiger partial charge in [0.1, 0.15) is 0 Å². The Hall–Kier alpha value is -2.72. The molecule has 2 heterocycles. The molecule has 2 aromatic carbocycles. The Kier molecular flexibility index (Phi) is 8.22. The van der Waals surface area contributed by atoms with Crippen molar-refractivity contribution in [2.75, 3.05) is 69.2 Å². The fraction of sp³-hybridized carbons (Fsp3) is 0.423. The minimum Gasteiger partial charge on any atom is -0.379 e. The molecule has 9 heteroatoms. The van der Waals surface area contributed by atoms with Crippen molar-refractivity contribution in [3.8, 4) is 0 Å². The number of hydrogen-bond donors (Lipinski definition) is 1. The van der Waals surface area contributed by atoms with Gasteiger partial charge >= 0.3 is 0 Å². The van der Waals surface area contributed by atoms with Crippen LogP contribution in [0.25, 0.3) is 6.08 Å². The first kappa shape index (κ1) is 25.4. The molecule has 0 bridgehead atoms. The number of carbonyl (C=O) groups is 1. The molecule has 4 rings (SSSR count). The van der Waals surface area contributed by atoms with E-state index in [0.717, 1.165) is 49.5 Å². The van der Waals surface area contributed by atoms with E-state index < -0.39 is 10.0 Å². The maximum atomic E-state index is 13.3. The summed E-state index contributed by atoms with van der Waals surface area (Å²) in [4.78, 5) is 17.6. The van der Waals surface area contributed by atoms with E-state index in [1.165, 1.54) is 10.4 Å². The summed E-state index contributed by atoms with van der Waals surface area (Å²) in [5.74, 6) is -0.306. The van der Waals surface area contributed by atoms with Gasteiger partial charge in [-0.3, -0.25) is 4.79 Å². The average Bonchev–Trinajstić information content (AvgIpc) is 2.89. The molecule has 8 nitrogen and oxygen atoms in total. The molecule has 0 radical (unpaired) electrons. The van der Waals surface area contributed by atoms with Crippen LogP contribution in [0.15, 0.2) is 53.4 Å². The molecule has 188 valence electrons. The molecular weight excluding hydrogens is 464 g/mol. The van der Waals surface area contributed by atoms with Crippen LogP contribution in [0, 0.1) is 6.92 Å². The van der Waals surface area contributed by atoms with Crippen molar-refractivity contribution in [3.63, 3.8) is 0 Å². The number of hydrogen-bond acceptors (Lipinski definition) is 6. The molecule has 2 aliphatic rings. The summed E-state index contributed by atoms with van der Waals surface area (Å²) in [7, 11) is -3.68. The summed E-state index contributed by atoms with van der Waals surface area (Å²) in [5, 5.41) is 2.94. The second kappa shape index (κ2) is 11.3. The van der Waals surface area contributed by atoms with Crippen LogP contribution < -0.4 is 10.2 Å². The zero-order valence-electron chi connectivity index (χ0n) is 20.4. The van der Waals surface area contributed by atoms with Gasteiger partial charge in [0.25, 0.3) is 0 Å². The third-order valence-corrected chi connectivity index (χ3v) is 8.39. The number of sulfonamides is 1. The van der Waals surface area contributed by atoms with Crippen LogP contribution in [0.2, 0.25) is 0 Å². The monoisotopic (exact) mass is 498 g/mol. The number of morpholine rings is 1. The standard InChI is InChI=1S/C26H34N4O4S/c1-3-28-12-14-29(15-13-28)25-10-9-23(35(32,33)30-16-18-34-19-17-30)20-24(25)27-26(31)11-8-22-6-4-21(2)5-7-22/h4-11,20H,3,12-19H2,1-2H3,(H,27,31)/b11-8+. The molecule has 0 saturated carbocycles. The number of likely N-dealkylation sites (N-methyl/N-ethyl adjacent to an activating group) is 1. The van der Waals surface area contributed by atoms with Crippen LogP contribution in [-0.2, 0) is 19.6 Å². The molecule has 2 saturated heterocycles. The minimum absolute atomic E-state index is 0.174. The smallest absolute Gasteiger partial charge is 0.248 e. The zero-order valence-corrected chi connectivity index (χ0v) is 21.3. The van der Waals surface area contributed by atoms with Gasteiger partial charge in [0.2, 0.25) is 15.9 Å². The fourth-order valence-electron chi connectivity index (χ4n) is 4.32. The number of rotatable bonds is 7. The predicted octanol–water partition coefficient (Wildman–Crippen LogP) is 2.81. The number of anilines is 2. The molecule has 2 aliphatic heterocycles. The van der Waals surface area contributed by atoms with Gasteiger partial charge in [0, 0.05) is 45.3 Å². The largest absolute Gasteiger partial charge is 0.379 e. The van der Waals surface area contributed by atoms with Gasteiger partial charge in [-0.15, -0.1) is 0 Å². The van der Waals surface area contributed by atoms with Gasteiger partial charge in [-0.1, -0.05) is 36.8 Å². The lowest BCUT2D eigenvalue weighted by Gasteiger charge is -2.36. The number of nitrogens with zero attached hydrogens (tertiary/aromatic N) is 3. The lowest BCUT2D eigenvalue weighted by atomic mass is 10.1. The summed E-state index contributed by atoms with van der Waals surface area (Å²) in [6.45, 7) is 10.0. The van der Waals surface area contributed by atoms with Crippen molar-refractivity contribution in [2.24, 2.45) is 0 Å². The molecule has 0 atom stereocenters. The van der Waals surface area contributed by atoms with Gasteiger partial charge in [0.15, 0.2) is 0 Å². The number of piperazine rings is 1. The number of aryl methyl sites for hydroxylation is 1. The summed E-state index contributed by atoms with van der Waals surface area (Å²) in [5.41, 5.74) is 3.41. The number of nitrogens with one attached hydrogen (secondary N) is 1. The summed E-state index contributed by atoms with van der Waals surface area (Å²) >= 11 is 0. The number of amides is 1. The Balaban J connectivity index is 1.60. The molecule has 0 unspecified atom stereocenters. The average molecular weight is 499 g/mol. The third-order valence-electron chi connectivity index (χ3n) is 6.50. The normalized spacial score (nSPS) is 18.2. The van der Waals surface area contributed by atoms with Crippen LogP contribution in [-0.4, -0.2) is 82.6 Å². The SMILES string of the molecule is CCN1CCN(c2ccc(S(=O)(=O)N3CCOCC3)cc2NC(=O)/C=C/c2ccc(C)cc2)CC1. The highest BCUT2D eigenvalue weighted by Crippen LogP contribution is 2.31. The number of benzene rings is 2. The second-order valence-corrected chi connectivity index (χ2v) is 10.8.